The third-order valence-electron chi connectivity index (χ3n) is 5.12. The molecule has 3 aromatic rings. The Labute approximate surface area is 238 Å². The maximum absolute atomic E-state index is 10.5. The lowest BCUT2D eigenvalue weighted by Gasteiger charge is -2.17. The highest BCUT2D eigenvalue weighted by Gasteiger charge is 2.13. The monoisotopic (exact) mass is 540 g/mol. The Morgan fingerprint density at radius 1 is 0.875 bits per heavy atom. The van der Waals surface area contributed by atoms with E-state index < -0.39 is 5.60 Å². The predicted molar refractivity (Wildman–Crippen MR) is 165 cm³/mol. The molecule has 3 aromatic carbocycles. The van der Waals surface area contributed by atoms with Crippen molar-refractivity contribution in [3.05, 3.63) is 126 Å². The Kier molecular flexibility index (Phi) is 13.2. The molecule has 40 heavy (non-hydrogen) atoms. The predicted octanol–water partition coefficient (Wildman–Crippen LogP) is 8.48. The summed E-state index contributed by atoms with van der Waals surface area (Å²) in [6.07, 6.45) is 11.3. The van der Waals surface area contributed by atoms with Gasteiger partial charge in [0.05, 0.1) is 0 Å². The van der Waals surface area contributed by atoms with Crippen molar-refractivity contribution in [2.45, 2.75) is 46.5 Å². The number of phenolic OH excluding ortho intramolecular Hbond substituents is 1. The van der Waals surface area contributed by atoms with Gasteiger partial charge in [-0.1, -0.05) is 85.5 Å². The van der Waals surface area contributed by atoms with Gasteiger partial charge in [-0.3, -0.25) is 0 Å². The molecule has 0 aliphatic heterocycles. The summed E-state index contributed by atoms with van der Waals surface area (Å²) in [5.74, 6) is 0.666. The van der Waals surface area contributed by atoms with E-state index in [9.17, 15) is 9.90 Å². The molecular weight excluding hydrogens is 500 g/mol. The second-order valence-corrected chi connectivity index (χ2v) is 9.76. The number of esters is 1. The first kappa shape index (κ1) is 31.9. The zero-order valence-corrected chi connectivity index (χ0v) is 24.0. The lowest BCUT2D eigenvalue weighted by atomic mass is 10.1. The topological polar surface area (TPSA) is 65.0 Å². The molecule has 1 unspecified atom stereocenters. The van der Waals surface area contributed by atoms with Gasteiger partial charge in [0.1, 0.15) is 17.1 Å². The Balaban J connectivity index is 0.000000536. The largest absolute Gasteiger partial charge is 0.508 e. The number of phenols is 1. The van der Waals surface area contributed by atoms with Crippen molar-refractivity contribution in [2.24, 2.45) is 0 Å². The molecule has 0 amide bonds. The normalized spacial score (nSPS) is 12.5. The molecule has 0 saturated carbocycles. The summed E-state index contributed by atoms with van der Waals surface area (Å²) in [5, 5.41) is 9.53. The molecule has 0 spiro atoms. The van der Waals surface area contributed by atoms with Crippen molar-refractivity contribution in [2.75, 3.05) is 6.61 Å². The second-order valence-electron chi connectivity index (χ2n) is 9.76. The van der Waals surface area contributed by atoms with E-state index in [1.807, 2.05) is 89.2 Å². The summed E-state index contributed by atoms with van der Waals surface area (Å²) in [5.41, 5.74) is 3.87. The van der Waals surface area contributed by atoms with Gasteiger partial charge in [-0.15, -0.1) is 0 Å². The Morgan fingerprint density at radius 2 is 1.43 bits per heavy atom. The SMILES string of the molecule is C=CC(=O)OC(C)(C)C.CCOC(C)Oc1ccc(C=CC(C=Cc2ccccc2)=Cc2ccc(O)cc2)cc1. The Hall–Kier alpha value is -4.35. The highest BCUT2D eigenvalue weighted by molar-refractivity contribution is 5.81. The molecule has 0 aliphatic rings. The summed E-state index contributed by atoms with van der Waals surface area (Å²) in [6, 6.07) is 25.3. The average Bonchev–Trinajstić information content (AvgIpc) is 2.92. The molecular formula is C35H40O5. The van der Waals surface area contributed by atoms with Gasteiger partial charge in [-0.2, -0.15) is 0 Å². The summed E-state index contributed by atoms with van der Waals surface area (Å²) in [4.78, 5) is 10.5. The number of hydrogen-bond donors (Lipinski definition) is 1. The number of hydrogen-bond acceptors (Lipinski definition) is 5. The van der Waals surface area contributed by atoms with Gasteiger partial charge >= 0.3 is 5.97 Å². The van der Waals surface area contributed by atoms with Gasteiger partial charge < -0.3 is 19.3 Å². The standard InChI is InChI=1S/C28H28O3.C7H12O2/c1-3-30-22(2)31-28-19-15-24(16-20-28)10-12-25(11-9-23-7-5-4-6-8-23)21-26-13-17-27(29)18-14-26;1-5-6(8)9-7(2,3)4/h4-22,29H,3H2,1-2H3;5H,1H2,2-4H3. The van der Waals surface area contributed by atoms with E-state index in [1.54, 1.807) is 12.1 Å². The molecule has 0 saturated heterocycles. The van der Waals surface area contributed by atoms with Crippen LogP contribution in [0.5, 0.6) is 11.5 Å². The lowest BCUT2D eigenvalue weighted by Crippen LogP contribution is -2.22. The van der Waals surface area contributed by atoms with Gasteiger partial charge in [-0.25, -0.2) is 4.79 Å². The van der Waals surface area contributed by atoms with Crippen LogP contribution in [0.25, 0.3) is 18.2 Å². The smallest absolute Gasteiger partial charge is 0.330 e. The number of carbonyl (C=O) groups excluding carboxylic acids is 1. The van der Waals surface area contributed by atoms with Gasteiger partial charge in [0.15, 0.2) is 6.29 Å². The van der Waals surface area contributed by atoms with Crippen LogP contribution < -0.4 is 4.74 Å². The molecule has 1 atom stereocenters. The van der Waals surface area contributed by atoms with Crippen LogP contribution in [0.2, 0.25) is 0 Å². The van der Waals surface area contributed by atoms with Crippen LogP contribution in [0.1, 0.15) is 51.3 Å². The van der Waals surface area contributed by atoms with E-state index in [1.165, 1.54) is 0 Å². The molecule has 0 radical (unpaired) electrons. The van der Waals surface area contributed by atoms with E-state index in [0.717, 1.165) is 34.1 Å². The second kappa shape index (κ2) is 16.6. The van der Waals surface area contributed by atoms with Crippen LogP contribution in [0.15, 0.2) is 109 Å². The van der Waals surface area contributed by atoms with Crippen LogP contribution >= 0.6 is 0 Å². The third kappa shape index (κ3) is 13.4. The van der Waals surface area contributed by atoms with Crippen molar-refractivity contribution < 1.29 is 24.1 Å². The fourth-order valence-corrected chi connectivity index (χ4v) is 3.33. The minimum absolute atomic E-state index is 0.259. The van der Waals surface area contributed by atoms with Gasteiger partial charge in [0.2, 0.25) is 0 Å². The Morgan fingerprint density at radius 3 is 1.93 bits per heavy atom. The highest BCUT2D eigenvalue weighted by Crippen LogP contribution is 2.19. The third-order valence-corrected chi connectivity index (χ3v) is 5.12. The van der Waals surface area contributed by atoms with Gasteiger partial charge in [0.25, 0.3) is 0 Å². The number of carbonyl (C=O) groups is 1. The van der Waals surface area contributed by atoms with Gasteiger partial charge in [-0.05, 0) is 87.2 Å². The summed E-state index contributed by atoms with van der Waals surface area (Å²) in [7, 11) is 0. The van der Waals surface area contributed by atoms with Crippen LogP contribution in [-0.4, -0.2) is 29.6 Å². The fraction of sp³-hybridized carbons (Fsp3) is 0.229. The molecule has 0 aliphatic carbocycles. The van der Waals surface area contributed by atoms with Crippen molar-refractivity contribution in [3.8, 4) is 11.5 Å². The van der Waals surface area contributed by atoms with Crippen LogP contribution in [-0.2, 0) is 14.3 Å². The van der Waals surface area contributed by atoms with E-state index in [4.69, 9.17) is 14.2 Å². The van der Waals surface area contributed by atoms with E-state index in [2.05, 4.69) is 49.1 Å². The first-order valence-electron chi connectivity index (χ1n) is 13.2. The zero-order valence-electron chi connectivity index (χ0n) is 24.0. The van der Waals surface area contributed by atoms with E-state index in [0.29, 0.717) is 6.61 Å². The van der Waals surface area contributed by atoms with Gasteiger partial charge in [0, 0.05) is 12.7 Å². The molecule has 210 valence electrons. The number of ether oxygens (including phenoxy) is 3. The van der Waals surface area contributed by atoms with E-state index in [-0.39, 0.29) is 18.0 Å². The number of aromatic hydroxyl groups is 1. The maximum Gasteiger partial charge on any atom is 0.330 e. The van der Waals surface area contributed by atoms with Crippen LogP contribution in [0.4, 0.5) is 0 Å². The van der Waals surface area contributed by atoms with E-state index >= 15 is 0 Å². The average molecular weight is 541 g/mol. The molecule has 0 heterocycles. The summed E-state index contributed by atoms with van der Waals surface area (Å²) in [6.45, 7) is 13.2. The Bertz CT molecular complexity index is 1260. The number of benzene rings is 3. The maximum atomic E-state index is 10.5. The lowest BCUT2D eigenvalue weighted by molar-refractivity contribution is -0.148. The number of rotatable bonds is 10. The first-order chi connectivity index (χ1) is 19.1. The first-order valence-corrected chi connectivity index (χ1v) is 13.2. The van der Waals surface area contributed by atoms with Crippen LogP contribution in [0, 0.1) is 0 Å². The van der Waals surface area contributed by atoms with Crippen molar-refractivity contribution in [1.82, 2.24) is 0 Å². The number of allylic oxidation sites excluding steroid dienone is 3. The minimum atomic E-state index is -0.398. The zero-order chi connectivity index (χ0) is 29.4. The quantitative estimate of drug-likeness (QED) is 0.121. The molecule has 3 rings (SSSR count). The molecule has 0 fully saturated rings. The summed E-state index contributed by atoms with van der Waals surface area (Å²) < 4.78 is 16.0. The highest BCUT2D eigenvalue weighted by atomic mass is 16.7. The fourth-order valence-electron chi connectivity index (χ4n) is 3.33. The minimum Gasteiger partial charge on any atom is -0.508 e. The molecule has 5 heteroatoms. The van der Waals surface area contributed by atoms with Crippen LogP contribution in [0.3, 0.4) is 0 Å². The van der Waals surface area contributed by atoms with Crippen molar-refractivity contribution >= 4 is 24.2 Å². The summed E-state index contributed by atoms with van der Waals surface area (Å²) >= 11 is 0. The molecule has 0 bridgehead atoms. The molecule has 5 nitrogen and oxygen atoms in total. The molecule has 0 aromatic heterocycles. The molecule has 1 N–H and O–H groups in total. The van der Waals surface area contributed by atoms with Crippen molar-refractivity contribution in [3.63, 3.8) is 0 Å². The van der Waals surface area contributed by atoms with Crippen molar-refractivity contribution in [1.29, 1.82) is 0 Å².